The molecule has 3 rings (SSSR count). The summed E-state index contributed by atoms with van der Waals surface area (Å²) in [5.74, 6) is -0.336. The van der Waals surface area contributed by atoms with Gasteiger partial charge in [-0.2, -0.15) is 0 Å². The van der Waals surface area contributed by atoms with Crippen LogP contribution >= 0.6 is 0 Å². The van der Waals surface area contributed by atoms with Gasteiger partial charge in [0.2, 0.25) is 0 Å². The lowest BCUT2D eigenvalue weighted by Gasteiger charge is -2.55. The molecule has 2 heterocycles. The predicted octanol–water partition coefficient (Wildman–Crippen LogP) is 0.829. The Balaban J connectivity index is 1.79. The SMILES string of the molecule is COC(=O)CC1(N2CCOCC2)CCC(CC(=O)OC)(N2CCOCC2)CC1. The highest BCUT2D eigenvalue weighted by Gasteiger charge is 2.50. The summed E-state index contributed by atoms with van der Waals surface area (Å²) >= 11 is 0. The first-order valence-electron chi connectivity index (χ1n) is 10.3. The van der Waals surface area contributed by atoms with E-state index in [2.05, 4.69) is 9.80 Å². The number of ether oxygens (including phenoxy) is 4. The summed E-state index contributed by atoms with van der Waals surface area (Å²) in [5.41, 5.74) is -0.439. The molecule has 0 bridgehead atoms. The normalized spacial score (nSPS) is 32.6. The van der Waals surface area contributed by atoms with Crippen molar-refractivity contribution in [3.8, 4) is 0 Å². The molecule has 0 unspecified atom stereocenters. The van der Waals surface area contributed by atoms with Crippen molar-refractivity contribution >= 4 is 11.9 Å². The standard InChI is InChI=1S/C20H34N2O6/c1-25-17(23)15-19(21-7-11-27-12-8-21)3-5-20(6-4-19,16-18(24)26-2)22-9-13-28-14-10-22/h3-16H2,1-2H3. The lowest BCUT2D eigenvalue weighted by molar-refractivity contribution is -0.153. The van der Waals surface area contributed by atoms with E-state index in [1.54, 1.807) is 0 Å². The Kier molecular flexibility index (Phi) is 7.31. The zero-order chi connectivity index (χ0) is 20.0. The fraction of sp³-hybridized carbons (Fsp3) is 0.900. The van der Waals surface area contributed by atoms with Gasteiger partial charge in [0.15, 0.2) is 0 Å². The highest BCUT2D eigenvalue weighted by atomic mass is 16.5. The van der Waals surface area contributed by atoms with Gasteiger partial charge in [-0.25, -0.2) is 0 Å². The van der Waals surface area contributed by atoms with E-state index in [9.17, 15) is 9.59 Å². The maximum absolute atomic E-state index is 12.2. The first kappa shape index (κ1) is 21.5. The molecule has 0 spiro atoms. The summed E-state index contributed by atoms with van der Waals surface area (Å²) in [6.07, 6.45) is 4.21. The molecule has 0 N–H and O–H groups in total. The van der Waals surface area contributed by atoms with Crippen LogP contribution in [0.15, 0.2) is 0 Å². The average Bonchev–Trinajstić information content (AvgIpc) is 2.76. The second kappa shape index (κ2) is 9.52. The maximum Gasteiger partial charge on any atom is 0.307 e. The minimum absolute atomic E-state index is 0.168. The van der Waals surface area contributed by atoms with E-state index in [0.29, 0.717) is 39.3 Å². The molecule has 0 amide bonds. The van der Waals surface area contributed by atoms with Crippen molar-refractivity contribution in [2.24, 2.45) is 0 Å². The third-order valence-electron chi connectivity index (χ3n) is 6.88. The number of hydrogen-bond acceptors (Lipinski definition) is 8. The molecule has 0 aromatic heterocycles. The van der Waals surface area contributed by atoms with Crippen LogP contribution in [0.3, 0.4) is 0 Å². The molecule has 0 radical (unpaired) electrons. The Hall–Kier alpha value is -1.22. The number of esters is 2. The number of hydrogen-bond donors (Lipinski definition) is 0. The number of rotatable bonds is 6. The zero-order valence-electron chi connectivity index (χ0n) is 17.2. The van der Waals surface area contributed by atoms with Crippen molar-refractivity contribution < 1.29 is 28.5 Å². The van der Waals surface area contributed by atoms with Gasteiger partial charge in [-0.05, 0) is 25.7 Å². The van der Waals surface area contributed by atoms with Crippen molar-refractivity contribution in [3.63, 3.8) is 0 Å². The Morgan fingerprint density at radius 1 is 0.714 bits per heavy atom. The van der Waals surface area contributed by atoms with Crippen LogP contribution in [0.25, 0.3) is 0 Å². The van der Waals surface area contributed by atoms with Gasteiger partial charge in [0.25, 0.3) is 0 Å². The van der Waals surface area contributed by atoms with E-state index in [1.165, 1.54) is 14.2 Å². The fourth-order valence-corrected chi connectivity index (χ4v) is 5.15. The van der Waals surface area contributed by atoms with Crippen LogP contribution in [-0.2, 0) is 28.5 Å². The molecular formula is C20H34N2O6. The topological polar surface area (TPSA) is 77.5 Å². The zero-order valence-corrected chi connectivity index (χ0v) is 17.2. The van der Waals surface area contributed by atoms with Crippen LogP contribution in [0.5, 0.6) is 0 Å². The number of carbonyl (C=O) groups excluding carboxylic acids is 2. The summed E-state index contributed by atoms with van der Waals surface area (Å²) in [5, 5.41) is 0. The molecule has 3 aliphatic rings. The fourth-order valence-electron chi connectivity index (χ4n) is 5.15. The molecule has 0 atom stereocenters. The minimum atomic E-state index is -0.219. The van der Waals surface area contributed by atoms with E-state index < -0.39 is 0 Å². The van der Waals surface area contributed by atoms with E-state index >= 15 is 0 Å². The van der Waals surface area contributed by atoms with Gasteiger partial charge >= 0.3 is 11.9 Å². The van der Waals surface area contributed by atoms with Crippen LogP contribution in [0, 0.1) is 0 Å². The van der Waals surface area contributed by atoms with Gasteiger partial charge in [0.1, 0.15) is 0 Å². The largest absolute Gasteiger partial charge is 0.469 e. The molecule has 8 heteroatoms. The summed E-state index contributed by atoms with van der Waals surface area (Å²) in [6.45, 7) is 6.10. The third-order valence-corrected chi connectivity index (χ3v) is 6.88. The van der Waals surface area contributed by atoms with E-state index in [4.69, 9.17) is 18.9 Å². The molecule has 2 aliphatic heterocycles. The van der Waals surface area contributed by atoms with Gasteiger partial charge in [-0.3, -0.25) is 19.4 Å². The molecule has 1 saturated carbocycles. The van der Waals surface area contributed by atoms with Crippen molar-refractivity contribution in [2.45, 2.75) is 49.6 Å². The Bertz CT molecular complexity index is 487. The van der Waals surface area contributed by atoms with Crippen molar-refractivity contribution in [2.75, 3.05) is 66.8 Å². The summed E-state index contributed by atoms with van der Waals surface area (Å²) in [6, 6.07) is 0. The number of morpholine rings is 2. The molecule has 2 saturated heterocycles. The first-order valence-corrected chi connectivity index (χ1v) is 10.3. The van der Waals surface area contributed by atoms with E-state index in [0.717, 1.165) is 51.9 Å². The summed E-state index contributed by atoms with van der Waals surface area (Å²) < 4.78 is 21.1. The van der Waals surface area contributed by atoms with Crippen LogP contribution in [-0.4, -0.2) is 99.6 Å². The lowest BCUT2D eigenvalue weighted by atomic mass is 9.67. The van der Waals surface area contributed by atoms with Crippen molar-refractivity contribution in [1.29, 1.82) is 0 Å². The van der Waals surface area contributed by atoms with Crippen LogP contribution in [0.4, 0.5) is 0 Å². The number of carbonyl (C=O) groups is 2. The number of methoxy groups -OCH3 is 2. The maximum atomic E-state index is 12.2. The van der Waals surface area contributed by atoms with Crippen LogP contribution in [0.2, 0.25) is 0 Å². The molecule has 28 heavy (non-hydrogen) atoms. The second-order valence-corrected chi connectivity index (χ2v) is 8.15. The van der Waals surface area contributed by atoms with Crippen molar-refractivity contribution in [3.05, 3.63) is 0 Å². The van der Waals surface area contributed by atoms with Gasteiger partial charge in [-0.15, -0.1) is 0 Å². The highest BCUT2D eigenvalue weighted by Crippen LogP contribution is 2.45. The Morgan fingerprint density at radius 2 is 1.04 bits per heavy atom. The van der Waals surface area contributed by atoms with Crippen LogP contribution < -0.4 is 0 Å². The molecule has 0 aromatic carbocycles. The van der Waals surface area contributed by atoms with Gasteiger partial charge < -0.3 is 18.9 Å². The molecule has 1 aliphatic carbocycles. The highest BCUT2D eigenvalue weighted by molar-refractivity contribution is 5.71. The molecule has 3 fully saturated rings. The smallest absolute Gasteiger partial charge is 0.307 e. The van der Waals surface area contributed by atoms with E-state index in [1.807, 2.05) is 0 Å². The quantitative estimate of drug-likeness (QED) is 0.609. The summed E-state index contributed by atoms with van der Waals surface area (Å²) in [7, 11) is 2.90. The number of nitrogens with zero attached hydrogens (tertiary/aromatic N) is 2. The Morgan fingerprint density at radius 3 is 1.32 bits per heavy atom. The monoisotopic (exact) mass is 398 g/mol. The Labute approximate surface area is 167 Å². The van der Waals surface area contributed by atoms with Gasteiger partial charge in [0, 0.05) is 37.3 Å². The molecule has 0 aromatic rings. The second-order valence-electron chi connectivity index (χ2n) is 8.15. The van der Waals surface area contributed by atoms with Crippen LogP contribution in [0.1, 0.15) is 38.5 Å². The molecule has 8 nitrogen and oxygen atoms in total. The summed E-state index contributed by atoms with van der Waals surface area (Å²) in [4.78, 5) is 29.3. The molecule has 160 valence electrons. The lowest BCUT2D eigenvalue weighted by Crippen LogP contribution is -2.62. The predicted molar refractivity (Wildman–Crippen MR) is 102 cm³/mol. The van der Waals surface area contributed by atoms with Gasteiger partial charge in [0.05, 0.1) is 53.5 Å². The van der Waals surface area contributed by atoms with Crippen molar-refractivity contribution in [1.82, 2.24) is 9.80 Å². The third kappa shape index (κ3) is 4.67. The average molecular weight is 399 g/mol. The molecular weight excluding hydrogens is 364 g/mol. The van der Waals surface area contributed by atoms with Gasteiger partial charge in [-0.1, -0.05) is 0 Å². The minimum Gasteiger partial charge on any atom is -0.469 e. The van der Waals surface area contributed by atoms with E-state index in [-0.39, 0.29) is 23.0 Å². The first-order chi connectivity index (χ1) is 13.5.